The van der Waals surface area contributed by atoms with E-state index >= 15 is 0 Å². The van der Waals surface area contributed by atoms with Crippen molar-refractivity contribution >= 4 is 21.7 Å². The van der Waals surface area contributed by atoms with Gasteiger partial charge < -0.3 is 10.2 Å². The molecule has 2 aromatic rings. The van der Waals surface area contributed by atoms with E-state index in [9.17, 15) is 8.78 Å². The molecule has 0 aliphatic heterocycles. The predicted molar refractivity (Wildman–Crippen MR) is 70.4 cm³/mol. The van der Waals surface area contributed by atoms with Crippen molar-refractivity contribution in [2.24, 2.45) is 5.84 Å². The first kappa shape index (κ1) is 13.7. The molecule has 0 fully saturated rings. The standard InChI is InChI=1S/C12H10BrF2N3O/c13-9-3-8(14)4-10(15)12(9)19-6-7-1-2-11(18-16)17-5-7/h1-5H,6,16H2,(H,17,18). The van der Waals surface area contributed by atoms with Gasteiger partial charge in [-0.25, -0.2) is 19.6 Å². The molecule has 1 aromatic heterocycles. The van der Waals surface area contributed by atoms with Crippen molar-refractivity contribution in [3.63, 3.8) is 0 Å². The Hall–Kier alpha value is -1.73. The average molecular weight is 330 g/mol. The summed E-state index contributed by atoms with van der Waals surface area (Å²) in [7, 11) is 0. The van der Waals surface area contributed by atoms with E-state index in [-0.39, 0.29) is 16.8 Å². The summed E-state index contributed by atoms with van der Waals surface area (Å²) < 4.78 is 31.9. The minimum atomic E-state index is -0.764. The Kier molecular flexibility index (Phi) is 4.28. The maximum atomic E-state index is 13.5. The van der Waals surface area contributed by atoms with Crippen LogP contribution in [-0.2, 0) is 6.61 Å². The van der Waals surface area contributed by atoms with Gasteiger partial charge in [-0.15, -0.1) is 0 Å². The van der Waals surface area contributed by atoms with E-state index in [0.717, 1.165) is 17.7 Å². The number of nitrogens with two attached hydrogens (primary N) is 1. The Morgan fingerprint density at radius 1 is 1.32 bits per heavy atom. The molecule has 0 saturated carbocycles. The lowest BCUT2D eigenvalue weighted by Gasteiger charge is -2.09. The zero-order valence-electron chi connectivity index (χ0n) is 9.66. The molecule has 1 aromatic carbocycles. The predicted octanol–water partition coefficient (Wildman–Crippen LogP) is 2.99. The number of hydrogen-bond donors (Lipinski definition) is 2. The summed E-state index contributed by atoms with van der Waals surface area (Å²) >= 11 is 3.05. The van der Waals surface area contributed by atoms with Gasteiger partial charge in [-0.2, -0.15) is 0 Å². The van der Waals surface area contributed by atoms with Gasteiger partial charge in [0.25, 0.3) is 0 Å². The molecule has 0 amide bonds. The third-order valence-electron chi connectivity index (χ3n) is 2.32. The fourth-order valence-corrected chi connectivity index (χ4v) is 1.94. The number of halogens is 3. The molecular weight excluding hydrogens is 320 g/mol. The average Bonchev–Trinajstić information content (AvgIpc) is 2.38. The van der Waals surface area contributed by atoms with Crippen LogP contribution in [0.5, 0.6) is 5.75 Å². The third-order valence-corrected chi connectivity index (χ3v) is 2.91. The lowest BCUT2D eigenvalue weighted by atomic mass is 10.3. The Morgan fingerprint density at radius 3 is 2.68 bits per heavy atom. The molecule has 1 heterocycles. The highest BCUT2D eigenvalue weighted by Gasteiger charge is 2.11. The molecule has 3 N–H and O–H groups in total. The normalized spacial score (nSPS) is 10.3. The van der Waals surface area contributed by atoms with Gasteiger partial charge >= 0.3 is 0 Å². The highest BCUT2D eigenvalue weighted by molar-refractivity contribution is 9.10. The van der Waals surface area contributed by atoms with Gasteiger partial charge in [-0.3, -0.25) is 0 Å². The van der Waals surface area contributed by atoms with Crippen LogP contribution in [0.2, 0.25) is 0 Å². The van der Waals surface area contributed by atoms with Crippen molar-refractivity contribution in [1.82, 2.24) is 4.98 Å². The lowest BCUT2D eigenvalue weighted by molar-refractivity contribution is 0.287. The van der Waals surface area contributed by atoms with Gasteiger partial charge in [0.2, 0.25) is 0 Å². The van der Waals surface area contributed by atoms with E-state index < -0.39 is 11.6 Å². The molecule has 0 aliphatic carbocycles. The summed E-state index contributed by atoms with van der Waals surface area (Å²) in [6.07, 6.45) is 1.55. The third kappa shape index (κ3) is 3.39. The van der Waals surface area contributed by atoms with E-state index in [4.69, 9.17) is 10.6 Å². The van der Waals surface area contributed by atoms with Gasteiger partial charge in [0, 0.05) is 17.8 Å². The number of nitrogens with zero attached hydrogens (tertiary/aromatic N) is 1. The molecule has 0 unspecified atom stereocenters. The summed E-state index contributed by atoms with van der Waals surface area (Å²) in [6.45, 7) is 0.110. The molecule has 19 heavy (non-hydrogen) atoms. The van der Waals surface area contributed by atoms with E-state index in [1.807, 2.05) is 0 Å². The number of nitrogens with one attached hydrogen (secondary N) is 1. The highest BCUT2D eigenvalue weighted by Crippen LogP contribution is 2.29. The second-order valence-electron chi connectivity index (χ2n) is 3.68. The molecule has 0 aliphatic rings. The summed E-state index contributed by atoms with van der Waals surface area (Å²) in [5.41, 5.74) is 3.12. The van der Waals surface area contributed by atoms with Crippen molar-refractivity contribution in [1.29, 1.82) is 0 Å². The van der Waals surface area contributed by atoms with Crippen LogP contribution in [0.4, 0.5) is 14.6 Å². The van der Waals surface area contributed by atoms with Crippen LogP contribution in [0, 0.1) is 11.6 Å². The number of rotatable bonds is 4. The highest BCUT2D eigenvalue weighted by atomic mass is 79.9. The van der Waals surface area contributed by atoms with E-state index in [1.54, 1.807) is 18.3 Å². The molecular formula is C12H10BrF2N3O. The summed E-state index contributed by atoms with van der Waals surface area (Å²) in [5, 5.41) is 0. The van der Waals surface area contributed by atoms with Gasteiger partial charge in [0.15, 0.2) is 11.6 Å². The zero-order chi connectivity index (χ0) is 13.8. The minimum Gasteiger partial charge on any atom is -0.485 e. The molecule has 0 atom stereocenters. The summed E-state index contributed by atoms with van der Waals surface area (Å²) in [5.74, 6) is 4.22. The van der Waals surface area contributed by atoms with Crippen molar-refractivity contribution in [3.05, 3.63) is 52.1 Å². The van der Waals surface area contributed by atoms with E-state index in [2.05, 4.69) is 26.3 Å². The zero-order valence-corrected chi connectivity index (χ0v) is 11.2. The summed E-state index contributed by atoms with van der Waals surface area (Å²) in [6, 6.07) is 5.30. The molecule has 0 saturated heterocycles. The second-order valence-corrected chi connectivity index (χ2v) is 4.54. The number of hydrazine groups is 1. The maximum absolute atomic E-state index is 13.5. The van der Waals surface area contributed by atoms with E-state index in [0.29, 0.717) is 5.82 Å². The Morgan fingerprint density at radius 2 is 2.11 bits per heavy atom. The number of aromatic nitrogens is 1. The first-order valence-electron chi connectivity index (χ1n) is 5.29. The smallest absolute Gasteiger partial charge is 0.169 e. The Bertz CT molecular complexity index is 555. The first-order chi connectivity index (χ1) is 9.10. The molecule has 2 rings (SSSR count). The molecule has 0 bridgehead atoms. The van der Waals surface area contributed by atoms with Gasteiger partial charge in [-0.1, -0.05) is 6.07 Å². The minimum absolute atomic E-state index is 0.0394. The van der Waals surface area contributed by atoms with Gasteiger partial charge in [-0.05, 0) is 28.1 Å². The van der Waals surface area contributed by atoms with Crippen molar-refractivity contribution in [3.8, 4) is 5.75 Å². The largest absolute Gasteiger partial charge is 0.485 e. The first-order valence-corrected chi connectivity index (χ1v) is 6.08. The molecule has 7 heteroatoms. The van der Waals surface area contributed by atoms with Crippen LogP contribution in [0.15, 0.2) is 34.9 Å². The van der Waals surface area contributed by atoms with Crippen molar-refractivity contribution in [2.45, 2.75) is 6.61 Å². The van der Waals surface area contributed by atoms with Gasteiger partial charge in [0.05, 0.1) is 4.47 Å². The Balaban J connectivity index is 2.10. The quantitative estimate of drug-likeness (QED) is 0.668. The Labute approximate surface area is 116 Å². The van der Waals surface area contributed by atoms with Gasteiger partial charge in [0.1, 0.15) is 18.2 Å². The van der Waals surface area contributed by atoms with E-state index in [1.165, 1.54) is 0 Å². The van der Waals surface area contributed by atoms with Crippen LogP contribution >= 0.6 is 15.9 Å². The number of benzene rings is 1. The number of pyridine rings is 1. The number of nitrogen functional groups attached to an aromatic ring is 1. The van der Waals surface area contributed by atoms with Crippen LogP contribution in [0.25, 0.3) is 0 Å². The molecule has 0 radical (unpaired) electrons. The fraction of sp³-hybridized carbons (Fsp3) is 0.0833. The SMILES string of the molecule is NNc1ccc(COc2c(F)cc(F)cc2Br)cn1. The van der Waals surface area contributed by atoms with Crippen LogP contribution in [0.3, 0.4) is 0 Å². The molecule has 0 spiro atoms. The number of ether oxygens (including phenoxy) is 1. The van der Waals surface area contributed by atoms with Crippen LogP contribution < -0.4 is 16.0 Å². The maximum Gasteiger partial charge on any atom is 0.169 e. The lowest BCUT2D eigenvalue weighted by Crippen LogP contribution is -2.08. The van der Waals surface area contributed by atoms with Crippen LogP contribution in [0.1, 0.15) is 5.56 Å². The number of anilines is 1. The van der Waals surface area contributed by atoms with Crippen LogP contribution in [-0.4, -0.2) is 4.98 Å². The molecule has 100 valence electrons. The second kappa shape index (κ2) is 5.94. The number of hydrogen-bond acceptors (Lipinski definition) is 4. The van der Waals surface area contributed by atoms with Crippen molar-refractivity contribution < 1.29 is 13.5 Å². The monoisotopic (exact) mass is 329 g/mol. The summed E-state index contributed by atoms with van der Waals surface area (Å²) in [4.78, 5) is 3.99. The van der Waals surface area contributed by atoms with Crippen molar-refractivity contribution in [2.75, 3.05) is 5.43 Å². The topological polar surface area (TPSA) is 60.2 Å². The molecule has 4 nitrogen and oxygen atoms in total. The fourth-order valence-electron chi connectivity index (χ4n) is 1.42.